The normalized spacial score (nSPS) is 12.2. The monoisotopic (exact) mass is 226 g/mol. The minimum atomic E-state index is -0.848. The Morgan fingerprint density at radius 2 is 2.25 bits per heavy atom. The summed E-state index contributed by atoms with van der Waals surface area (Å²) in [5.41, 5.74) is 0.674. The molecule has 16 heavy (non-hydrogen) atoms. The van der Waals surface area contributed by atoms with Crippen LogP contribution in [-0.4, -0.2) is 18.2 Å². The quantitative estimate of drug-likeness (QED) is 0.839. The van der Waals surface area contributed by atoms with Gasteiger partial charge in [0.2, 0.25) is 0 Å². The molecule has 0 saturated heterocycles. The molecule has 0 fully saturated rings. The fraction of sp³-hybridized carbons (Fsp3) is 0.417. The maximum absolute atomic E-state index is 13.3. The summed E-state index contributed by atoms with van der Waals surface area (Å²) in [4.78, 5) is 10.8. The van der Waals surface area contributed by atoms with Gasteiger partial charge in [-0.15, -0.1) is 0 Å². The second-order valence-corrected chi connectivity index (χ2v) is 3.62. The van der Waals surface area contributed by atoms with E-state index in [1.54, 1.807) is 13.0 Å². The fourth-order valence-electron chi connectivity index (χ4n) is 1.53. The highest BCUT2D eigenvalue weighted by Gasteiger charge is 2.16. The van der Waals surface area contributed by atoms with Crippen LogP contribution in [0.15, 0.2) is 18.2 Å². The summed E-state index contributed by atoms with van der Waals surface area (Å²) in [7, 11) is 1.39. The van der Waals surface area contributed by atoms with Crippen LogP contribution < -0.4 is 4.74 Å². The van der Waals surface area contributed by atoms with E-state index in [0.29, 0.717) is 18.4 Å². The third-order valence-corrected chi connectivity index (χ3v) is 2.54. The second kappa shape index (κ2) is 5.49. The van der Waals surface area contributed by atoms with Crippen LogP contribution in [0.2, 0.25) is 0 Å². The van der Waals surface area contributed by atoms with Gasteiger partial charge in [-0.25, -0.2) is 4.39 Å². The molecule has 1 aromatic rings. The Morgan fingerprint density at radius 1 is 1.56 bits per heavy atom. The molecular weight excluding hydrogens is 211 g/mol. The second-order valence-electron chi connectivity index (χ2n) is 3.62. The Morgan fingerprint density at radius 3 is 2.69 bits per heavy atom. The first-order valence-electron chi connectivity index (χ1n) is 5.13. The molecule has 0 bridgehead atoms. The number of rotatable bonds is 5. The van der Waals surface area contributed by atoms with Crippen molar-refractivity contribution >= 4 is 5.97 Å². The van der Waals surface area contributed by atoms with Gasteiger partial charge in [0.25, 0.3) is 0 Å². The fourth-order valence-corrected chi connectivity index (χ4v) is 1.53. The first-order chi connectivity index (χ1) is 7.58. The molecule has 4 heteroatoms. The van der Waals surface area contributed by atoms with Crippen molar-refractivity contribution in [2.45, 2.75) is 19.8 Å². The number of hydrogen-bond donors (Lipinski definition) is 1. The highest BCUT2D eigenvalue weighted by Crippen LogP contribution is 2.20. The zero-order valence-corrected chi connectivity index (χ0v) is 9.37. The van der Waals surface area contributed by atoms with E-state index in [9.17, 15) is 9.18 Å². The molecule has 1 rings (SSSR count). The Hall–Kier alpha value is -1.58. The van der Waals surface area contributed by atoms with E-state index in [4.69, 9.17) is 9.84 Å². The van der Waals surface area contributed by atoms with E-state index >= 15 is 0 Å². The van der Waals surface area contributed by atoms with E-state index < -0.39 is 17.7 Å². The van der Waals surface area contributed by atoms with Gasteiger partial charge in [-0.1, -0.05) is 13.0 Å². The number of halogens is 1. The number of hydrogen-bond acceptors (Lipinski definition) is 2. The van der Waals surface area contributed by atoms with Crippen molar-refractivity contribution in [2.24, 2.45) is 5.92 Å². The maximum Gasteiger partial charge on any atom is 0.306 e. The molecule has 0 aliphatic rings. The standard InChI is InChI=1S/C12H15FO3/c1-3-9(12(14)15)6-8-4-5-11(16-2)10(13)7-8/h4-5,7,9H,3,6H2,1-2H3,(H,14,15). The van der Waals surface area contributed by atoms with Gasteiger partial charge in [0.05, 0.1) is 13.0 Å². The summed E-state index contributed by atoms with van der Waals surface area (Å²) < 4.78 is 18.1. The molecule has 0 heterocycles. The zero-order valence-electron chi connectivity index (χ0n) is 9.37. The van der Waals surface area contributed by atoms with Gasteiger partial charge < -0.3 is 9.84 Å². The summed E-state index contributed by atoms with van der Waals surface area (Å²) in [6.07, 6.45) is 0.871. The van der Waals surface area contributed by atoms with Crippen LogP contribution in [0.4, 0.5) is 4.39 Å². The number of carboxylic acid groups (broad SMARTS) is 1. The van der Waals surface area contributed by atoms with Crippen molar-refractivity contribution in [3.8, 4) is 5.75 Å². The van der Waals surface area contributed by atoms with Gasteiger partial charge in [0, 0.05) is 0 Å². The molecule has 1 aromatic carbocycles. The topological polar surface area (TPSA) is 46.5 Å². The van der Waals surface area contributed by atoms with Crippen LogP contribution >= 0.6 is 0 Å². The smallest absolute Gasteiger partial charge is 0.306 e. The lowest BCUT2D eigenvalue weighted by atomic mass is 9.97. The molecule has 1 atom stereocenters. The van der Waals surface area contributed by atoms with Crippen molar-refractivity contribution in [3.63, 3.8) is 0 Å². The average molecular weight is 226 g/mol. The van der Waals surface area contributed by atoms with Gasteiger partial charge in [0.15, 0.2) is 11.6 Å². The number of methoxy groups -OCH3 is 1. The summed E-state index contributed by atoms with van der Waals surface area (Å²) in [6.45, 7) is 1.80. The Kier molecular flexibility index (Phi) is 4.28. The summed E-state index contributed by atoms with van der Waals surface area (Å²) in [6, 6.07) is 4.52. The Balaban J connectivity index is 2.81. The van der Waals surface area contributed by atoms with Gasteiger partial charge in [-0.05, 0) is 30.5 Å². The Bertz CT molecular complexity index is 377. The molecule has 1 N–H and O–H groups in total. The molecule has 3 nitrogen and oxygen atoms in total. The largest absolute Gasteiger partial charge is 0.494 e. The number of aliphatic carboxylic acids is 1. The lowest BCUT2D eigenvalue weighted by Gasteiger charge is -2.10. The SMILES string of the molecule is CCC(Cc1ccc(OC)c(F)c1)C(=O)O. The van der Waals surface area contributed by atoms with Gasteiger partial charge in [-0.2, -0.15) is 0 Å². The van der Waals surface area contributed by atoms with Crippen molar-refractivity contribution in [3.05, 3.63) is 29.6 Å². The van der Waals surface area contributed by atoms with Crippen LogP contribution in [0.5, 0.6) is 5.75 Å². The molecule has 0 aliphatic carbocycles. The summed E-state index contributed by atoms with van der Waals surface area (Å²) >= 11 is 0. The van der Waals surface area contributed by atoms with Crippen LogP contribution in [-0.2, 0) is 11.2 Å². The molecule has 0 radical (unpaired) electrons. The first kappa shape index (κ1) is 12.5. The first-order valence-corrected chi connectivity index (χ1v) is 5.13. The molecule has 0 amide bonds. The van der Waals surface area contributed by atoms with Crippen molar-refractivity contribution in [2.75, 3.05) is 7.11 Å². The zero-order chi connectivity index (χ0) is 12.1. The molecule has 0 saturated carbocycles. The van der Waals surface area contributed by atoms with E-state index in [0.717, 1.165) is 0 Å². The van der Waals surface area contributed by atoms with Crippen molar-refractivity contribution in [1.29, 1.82) is 0 Å². The molecular formula is C12H15FO3. The highest BCUT2D eigenvalue weighted by atomic mass is 19.1. The third-order valence-electron chi connectivity index (χ3n) is 2.54. The number of carboxylic acids is 1. The van der Waals surface area contributed by atoms with Gasteiger partial charge in [-0.3, -0.25) is 4.79 Å². The third kappa shape index (κ3) is 2.95. The van der Waals surface area contributed by atoms with E-state index in [-0.39, 0.29) is 5.75 Å². The molecule has 0 spiro atoms. The molecule has 0 aliphatic heterocycles. The predicted molar refractivity (Wildman–Crippen MR) is 58.1 cm³/mol. The van der Waals surface area contributed by atoms with Crippen molar-refractivity contribution in [1.82, 2.24) is 0 Å². The minimum absolute atomic E-state index is 0.173. The van der Waals surface area contributed by atoms with E-state index in [1.165, 1.54) is 19.2 Å². The van der Waals surface area contributed by atoms with Gasteiger partial charge in [0.1, 0.15) is 0 Å². The maximum atomic E-state index is 13.3. The Labute approximate surface area is 93.9 Å². The van der Waals surface area contributed by atoms with E-state index in [2.05, 4.69) is 0 Å². The molecule has 0 aromatic heterocycles. The van der Waals surface area contributed by atoms with Gasteiger partial charge >= 0.3 is 5.97 Å². The molecule has 88 valence electrons. The van der Waals surface area contributed by atoms with Crippen LogP contribution in [0.3, 0.4) is 0 Å². The van der Waals surface area contributed by atoms with Crippen LogP contribution in [0, 0.1) is 11.7 Å². The molecule has 1 unspecified atom stereocenters. The number of carbonyl (C=O) groups is 1. The summed E-state index contributed by atoms with van der Waals surface area (Å²) in [5, 5.41) is 8.89. The number of benzene rings is 1. The van der Waals surface area contributed by atoms with Crippen LogP contribution in [0.25, 0.3) is 0 Å². The number of ether oxygens (including phenoxy) is 1. The summed E-state index contributed by atoms with van der Waals surface area (Å²) in [5.74, 6) is -1.60. The predicted octanol–water partition coefficient (Wildman–Crippen LogP) is 2.49. The van der Waals surface area contributed by atoms with E-state index in [1.807, 2.05) is 0 Å². The average Bonchev–Trinajstić information content (AvgIpc) is 2.25. The van der Waals surface area contributed by atoms with Crippen LogP contribution in [0.1, 0.15) is 18.9 Å². The van der Waals surface area contributed by atoms with Crippen molar-refractivity contribution < 1.29 is 19.0 Å². The lowest BCUT2D eigenvalue weighted by Crippen LogP contribution is -2.15. The minimum Gasteiger partial charge on any atom is -0.494 e. The highest BCUT2D eigenvalue weighted by molar-refractivity contribution is 5.70. The lowest BCUT2D eigenvalue weighted by molar-refractivity contribution is -0.141.